The van der Waals surface area contributed by atoms with Gasteiger partial charge in [0, 0.05) is 26.3 Å². The van der Waals surface area contributed by atoms with Crippen molar-refractivity contribution in [1.29, 1.82) is 0 Å². The predicted molar refractivity (Wildman–Crippen MR) is 81.9 cm³/mol. The van der Waals surface area contributed by atoms with Crippen molar-refractivity contribution in [3.63, 3.8) is 0 Å². The molecule has 0 saturated carbocycles. The van der Waals surface area contributed by atoms with E-state index in [1.54, 1.807) is 0 Å². The van der Waals surface area contributed by atoms with E-state index in [-0.39, 0.29) is 23.7 Å². The Morgan fingerprint density at radius 1 is 1.40 bits per heavy atom. The summed E-state index contributed by atoms with van der Waals surface area (Å²) in [6.45, 7) is 7.98. The molecule has 0 bridgehead atoms. The van der Waals surface area contributed by atoms with E-state index in [0.29, 0.717) is 45.6 Å². The second kappa shape index (κ2) is 8.17. The van der Waals surface area contributed by atoms with Crippen molar-refractivity contribution in [1.82, 2.24) is 5.32 Å². The lowest BCUT2D eigenvalue weighted by atomic mass is 9.79. The van der Waals surface area contributed by atoms with E-state index in [4.69, 9.17) is 10.5 Å². The molecule has 0 aromatic carbocycles. The summed E-state index contributed by atoms with van der Waals surface area (Å²) in [6.07, 6.45) is 1.46. The van der Waals surface area contributed by atoms with Gasteiger partial charge in [0.2, 0.25) is 5.91 Å². The van der Waals surface area contributed by atoms with Gasteiger partial charge in [0.1, 0.15) is 0 Å². The molecule has 1 aliphatic heterocycles. The first-order chi connectivity index (χ1) is 8.79. The van der Waals surface area contributed by atoms with Crippen molar-refractivity contribution < 1.29 is 14.6 Å². The minimum atomic E-state index is -0.515. The van der Waals surface area contributed by atoms with Gasteiger partial charge in [0.05, 0.1) is 11.5 Å². The summed E-state index contributed by atoms with van der Waals surface area (Å²) in [7, 11) is 0. The number of carbonyl (C=O) groups excluding carboxylic acids is 1. The van der Waals surface area contributed by atoms with Crippen molar-refractivity contribution in [3.8, 4) is 0 Å². The first kappa shape index (κ1) is 19.6. The third kappa shape index (κ3) is 5.95. The van der Waals surface area contributed by atoms with Gasteiger partial charge in [0.15, 0.2) is 0 Å². The van der Waals surface area contributed by atoms with E-state index >= 15 is 0 Å². The van der Waals surface area contributed by atoms with Crippen LogP contribution < -0.4 is 11.1 Å². The molecule has 1 fully saturated rings. The number of rotatable bonds is 5. The fourth-order valence-corrected chi connectivity index (χ4v) is 2.46. The van der Waals surface area contributed by atoms with E-state index in [0.717, 1.165) is 0 Å². The van der Waals surface area contributed by atoms with Crippen LogP contribution in [0.15, 0.2) is 0 Å². The Labute approximate surface area is 128 Å². The van der Waals surface area contributed by atoms with Crippen molar-refractivity contribution in [3.05, 3.63) is 0 Å². The van der Waals surface area contributed by atoms with Crippen molar-refractivity contribution >= 4 is 18.3 Å². The highest BCUT2D eigenvalue weighted by Crippen LogP contribution is 2.29. The molecule has 0 radical (unpaired) electrons. The molecule has 1 rings (SSSR count). The van der Waals surface area contributed by atoms with E-state index in [2.05, 4.69) is 26.1 Å². The van der Waals surface area contributed by atoms with Crippen LogP contribution in [0.5, 0.6) is 0 Å². The first-order valence-electron chi connectivity index (χ1n) is 7.03. The highest BCUT2D eigenvalue weighted by molar-refractivity contribution is 5.85. The maximum Gasteiger partial charge on any atom is 0.227 e. The monoisotopic (exact) mass is 308 g/mol. The molecule has 0 aromatic heterocycles. The Hall–Kier alpha value is -0.360. The fraction of sp³-hybridized carbons (Fsp3) is 0.929. The highest BCUT2D eigenvalue weighted by Gasteiger charge is 2.38. The van der Waals surface area contributed by atoms with Crippen LogP contribution in [0.3, 0.4) is 0 Å². The molecule has 1 unspecified atom stereocenters. The molecule has 0 aromatic rings. The number of halogens is 1. The average molecular weight is 309 g/mol. The SMILES string of the molecule is CC(C)(C)CC(O)CNC(=O)C1(CN)CCOCC1.Cl. The van der Waals surface area contributed by atoms with Crippen LogP contribution in [-0.4, -0.2) is 43.4 Å². The van der Waals surface area contributed by atoms with Gasteiger partial charge in [-0.25, -0.2) is 0 Å². The summed E-state index contributed by atoms with van der Waals surface area (Å²) in [5.41, 5.74) is 5.30. The van der Waals surface area contributed by atoms with Crippen LogP contribution >= 0.6 is 12.4 Å². The summed E-state index contributed by atoms with van der Waals surface area (Å²) in [5.74, 6) is -0.0498. The van der Waals surface area contributed by atoms with E-state index in [9.17, 15) is 9.90 Å². The Bertz CT molecular complexity index is 299. The zero-order valence-corrected chi connectivity index (χ0v) is 13.6. The number of carbonyl (C=O) groups is 1. The Balaban J connectivity index is 0.00000361. The summed E-state index contributed by atoms with van der Waals surface area (Å²) < 4.78 is 5.28. The quantitative estimate of drug-likeness (QED) is 0.709. The molecule has 20 heavy (non-hydrogen) atoms. The lowest BCUT2D eigenvalue weighted by molar-refractivity contribution is -0.136. The number of aliphatic hydroxyl groups excluding tert-OH is 1. The van der Waals surface area contributed by atoms with Crippen LogP contribution in [0.25, 0.3) is 0 Å². The van der Waals surface area contributed by atoms with Gasteiger partial charge < -0.3 is 20.9 Å². The highest BCUT2D eigenvalue weighted by atomic mass is 35.5. The van der Waals surface area contributed by atoms with Gasteiger partial charge in [-0.15, -0.1) is 12.4 Å². The minimum Gasteiger partial charge on any atom is -0.391 e. The predicted octanol–water partition coefficient (Wildman–Crippen LogP) is 1.08. The Morgan fingerprint density at radius 3 is 2.40 bits per heavy atom. The second-order valence-electron chi connectivity index (χ2n) is 6.73. The number of hydrogen-bond acceptors (Lipinski definition) is 4. The summed E-state index contributed by atoms with van der Waals surface area (Å²) in [5, 5.41) is 12.8. The van der Waals surface area contributed by atoms with Crippen LogP contribution in [0.1, 0.15) is 40.0 Å². The largest absolute Gasteiger partial charge is 0.391 e. The van der Waals surface area contributed by atoms with E-state index in [1.165, 1.54) is 0 Å². The van der Waals surface area contributed by atoms with Crippen molar-refractivity contribution in [2.45, 2.75) is 46.1 Å². The van der Waals surface area contributed by atoms with Crippen LogP contribution in [-0.2, 0) is 9.53 Å². The minimum absolute atomic E-state index is 0. The van der Waals surface area contributed by atoms with Gasteiger partial charge in [-0.05, 0) is 24.7 Å². The maximum atomic E-state index is 12.3. The summed E-state index contributed by atoms with van der Waals surface area (Å²) >= 11 is 0. The second-order valence-corrected chi connectivity index (χ2v) is 6.73. The molecule has 1 aliphatic rings. The average Bonchev–Trinajstić information content (AvgIpc) is 2.34. The lowest BCUT2D eigenvalue weighted by Crippen LogP contribution is -2.50. The van der Waals surface area contributed by atoms with Gasteiger partial charge in [-0.1, -0.05) is 20.8 Å². The molecule has 1 heterocycles. The molecular weight excluding hydrogens is 280 g/mol. The number of amides is 1. The molecule has 1 atom stereocenters. The zero-order chi connectivity index (χ0) is 14.5. The molecule has 5 nitrogen and oxygen atoms in total. The zero-order valence-electron chi connectivity index (χ0n) is 12.8. The summed E-state index contributed by atoms with van der Waals surface area (Å²) in [4.78, 5) is 12.3. The Kier molecular flexibility index (Phi) is 8.03. The van der Waals surface area contributed by atoms with Crippen LogP contribution in [0.2, 0.25) is 0 Å². The molecular formula is C14H29ClN2O3. The van der Waals surface area contributed by atoms with Crippen LogP contribution in [0.4, 0.5) is 0 Å². The van der Waals surface area contributed by atoms with Crippen molar-refractivity contribution in [2.75, 3.05) is 26.3 Å². The molecule has 0 spiro atoms. The molecule has 120 valence electrons. The lowest BCUT2D eigenvalue weighted by Gasteiger charge is -2.35. The molecule has 1 amide bonds. The third-order valence-corrected chi connectivity index (χ3v) is 3.67. The van der Waals surface area contributed by atoms with Gasteiger partial charge in [-0.3, -0.25) is 4.79 Å². The number of ether oxygens (including phenoxy) is 1. The number of hydrogen-bond donors (Lipinski definition) is 3. The fourth-order valence-electron chi connectivity index (χ4n) is 2.46. The topological polar surface area (TPSA) is 84.6 Å². The standard InChI is InChI=1S/C14H28N2O3.ClH/c1-13(2,3)8-11(17)9-16-12(18)14(10-15)4-6-19-7-5-14;/h11,17H,4-10,15H2,1-3H3,(H,16,18);1H. The molecule has 6 heteroatoms. The van der Waals surface area contributed by atoms with Gasteiger partial charge >= 0.3 is 0 Å². The molecule has 0 aliphatic carbocycles. The van der Waals surface area contributed by atoms with Crippen molar-refractivity contribution in [2.24, 2.45) is 16.6 Å². The number of aliphatic hydroxyl groups is 1. The Morgan fingerprint density at radius 2 is 1.95 bits per heavy atom. The van der Waals surface area contributed by atoms with Gasteiger partial charge in [-0.2, -0.15) is 0 Å². The first-order valence-corrected chi connectivity index (χ1v) is 7.03. The third-order valence-electron chi connectivity index (χ3n) is 3.67. The maximum absolute atomic E-state index is 12.3. The van der Waals surface area contributed by atoms with Gasteiger partial charge in [0.25, 0.3) is 0 Å². The smallest absolute Gasteiger partial charge is 0.227 e. The van der Waals surface area contributed by atoms with Crippen LogP contribution in [0, 0.1) is 10.8 Å². The van der Waals surface area contributed by atoms with E-state index < -0.39 is 11.5 Å². The molecule has 1 saturated heterocycles. The summed E-state index contributed by atoms with van der Waals surface area (Å²) in [6, 6.07) is 0. The van der Waals surface area contributed by atoms with E-state index in [1.807, 2.05) is 0 Å². The number of nitrogens with one attached hydrogen (secondary N) is 1. The number of nitrogens with two attached hydrogens (primary N) is 1. The normalized spacial score (nSPS) is 19.9. The molecule has 4 N–H and O–H groups in total.